The monoisotopic (exact) mass is 355 g/mol. The van der Waals surface area contributed by atoms with Crippen LogP contribution in [0.25, 0.3) is 0 Å². The zero-order chi connectivity index (χ0) is 19.1. The van der Waals surface area contributed by atoms with E-state index in [-0.39, 0.29) is 29.4 Å². The largest absolute Gasteiger partial charge is 0.465 e. The molecule has 0 fully saturated rings. The van der Waals surface area contributed by atoms with E-state index in [0.29, 0.717) is 5.69 Å². The van der Waals surface area contributed by atoms with Gasteiger partial charge >= 0.3 is 11.9 Å². The molecule has 2 aromatic carbocycles. The Hall–Kier alpha value is -3.15. The topological polar surface area (TPSA) is 81.7 Å². The van der Waals surface area contributed by atoms with Gasteiger partial charge in [0.2, 0.25) is 5.91 Å². The molecule has 0 radical (unpaired) electrons. The van der Waals surface area contributed by atoms with Gasteiger partial charge in [0, 0.05) is 12.1 Å². The molecule has 0 spiro atoms. The predicted octanol–water partition coefficient (Wildman–Crippen LogP) is 3.39. The maximum atomic E-state index is 12.4. The fourth-order valence-electron chi connectivity index (χ4n) is 2.56. The van der Waals surface area contributed by atoms with Crippen molar-refractivity contribution in [3.05, 3.63) is 65.2 Å². The van der Waals surface area contributed by atoms with Crippen molar-refractivity contribution in [1.82, 2.24) is 0 Å². The van der Waals surface area contributed by atoms with Crippen LogP contribution in [0.4, 0.5) is 5.69 Å². The molecule has 0 unspecified atom stereocenters. The van der Waals surface area contributed by atoms with Crippen LogP contribution in [0.15, 0.2) is 48.5 Å². The minimum atomic E-state index is -0.607. The molecule has 136 valence electrons. The number of nitrogens with one attached hydrogen (secondary N) is 1. The van der Waals surface area contributed by atoms with Gasteiger partial charge in [-0.3, -0.25) is 4.79 Å². The summed E-state index contributed by atoms with van der Waals surface area (Å²) in [6, 6.07) is 14.0. The third-order valence-corrected chi connectivity index (χ3v) is 3.92. The van der Waals surface area contributed by atoms with E-state index < -0.39 is 11.9 Å². The van der Waals surface area contributed by atoms with Crippen molar-refractivity contribution in [3.63, 3.8) is 0 Å². The minimum absolute atomic E-state index is 0.0278. The van der Waals surface area contributed by atoms with E-state index in [4.69, 9.17) is 0 Å². The lowest BCUT2D eigenvalue weighted by molar-refractivity contribution is -0.116. The summed E-state index contributed by atoms with van der Waals surface area (Å²) in [6.07, 6.45) is 0.264. The van der Waals surface area contributed by atoms with Gasteiger partial charge in [-0.1, -0.05) is 37.3 Å². The molecule has 1 amide bonds. The fourth-order valence-corrected chi connectivity index (χ4v) is 2.56. The summed E-state index contributed by atoms with van der Waals surface area (Å²) in [5, 5.41) is 2.73. The Kier molecular flexibility index (Phi) is 6.49. The molecule has 6 nitrogen and oxygen atoms in total. The second-order valence-corrected chi connectivity index (χ2v) is 5.85. The van der Waals surface area contributed by atoms with Crippen LogP contribution in [0.2, 0.25) is 0 Å². The van der Waals surface area contributed by atoms with Crippen LogP contribution in [0.5, 0.6) is 0 Å². The number of hydrogen-bond acceptors (Lipinski definition) is 5. The third kappa shape index (κ3) is 4.92. The molecule has 0 saturated carbocycles. The predicted molar refractivity (Wildman–Crippen MR) is 97.2 cm³/mol. The molecule has 0 aromatic heterocycles. The molecule has 6 heteroatoms. The quantitative estimate of drug-likeness (QED) is 0.803. The van der Waals surface area contributed by atoms with Crippen molar-refractivity contribution in [1.29, 1.82) is 0 Å². The highest BCUT2D eigenvalue weighted by atomic mass is 16.5. The van der Waals surface area contributed by atoms with Gasteiger partial charge in [-0.25, -0.2) is 9.59 Å². The Morgan fingerprint density at radius 3 is 1.96 bits per heavy atom. The Morgan fingerprint density at radius 2 is 1.46 bits per heavy atom. The van der Waals surface area contributed by atoms with Crippen LogP contribution < -0.4 is 5.32 Å². The molecule has 0 aliphatic carbocycles. The Balaban J connectivity index is 2.17. The molecule has 1 atom stereocenters. The Bertz CT molecular complexity index is 767. The van der Waals surface area contributed by atoms with Gasteiger partial charge < -0.3 is 14.8 Å². The van der Waals surface area contributed by atoms with Crippen molar-refractivity contribution >= 4 is 23.5 Å². The molecule has 2 aromatic rings. The number of anilines is 1. The van der Waals surface area contributed by atoms with E-state index in [1.165, 1.54) is 32.4 Å². The molecule has 0 bridgehead atoms. The minimum Gasteiger partial charge on any atom is -0.465 e. The first-order valence-electron chi connectivity index (χ1n) is 8.11. The maximum absolute atomic E-state index is 12.4. The van der Waals surface area contributed by atoms with E-state index in [0.717, 1.165) is 5.56 Å². The zero-order valence-corrected chi connectivity index (χ0v) is 14.9. The number of carbonyl (C=O) groups is 3. The van der Waals surface area contributed by atoms with E-state index >= 15 is 0 Å². The standard InChI is InChI=1S/C20H21NO5/c1-13(14-7-5-4-6-8-14)9-18(22)21-17-11-15(19(23)25-2)10-16(12-17)20(24)26-3/h4-8,10-13H,9H2,1-3H3,(H,21,22)/t13-/m0/s1. The number of methoxy groups -OCH3 is 2. The van der Waals surface area contributed by atoms with Gasteiger partial charge in [-0.05, 0) is 29.7 Å². The van der Waals surface area contributed by atoms with Crippen LogP contribution in [0.3, 0.4) is 0 Å². The molecular formula is C20H21NO5. The number of rotatable bonds is 6. The smallest absolute Gasteiger partial charge is 0.337 e. The van der Waals surface area contributed by atoms with Gasteiger partial charge in [0.15, 0.2) is 0 Å². The first-order valence-corrected chi connectivity index (χ1v) is 8.11. The Morgan fingerprint density at radius 1 is 0.923 bits per heavy atom. The normalized spacial score (nSPS) is 11.3. The highest BCUT2D eigenvalue weighted by Crippen LogP contribution is 2.21. The van der Waals surface area contributed by atoms with Crippen molar-refractivity contribution in [2.45, 2.75) is 19.3 Å². The average molecular weight is 355 g/mol. The second kappa shape index (κ2) is 8.80. The second-order valence-electron chi connectivity index (χ2n) is 5.85. The number of amides is 1. The average Bonchev–Trinajstić information content (AvgIpc) is 2.66. The summed E-state index contributed by atoms with van der Waals surface area (Å²) in [5.74, 6) is -1.41. The Labute approximate surface area is 152 Å². The number of benzene rings is 2. The summed E-state index contributed by atoms with van der Waals surface area (Å²) in [7, 11) is 2.49. The fraction of sp³-hybridized carbons (Fsp3) is 0.250. The van der Waals surface area contributed by atoms with Crippen LogP contribution in [0.1, 0.15) is 45.5 Å². The van der Waals surface area contributed by atoms with E-state index in [1.807, 2.05) is 37.3 Å². The lowest BCUT2D eigenvalue weighted by atomic mass is 9.97. The molecule has 0 heterocycles. The van der Waals surface area contributed by atoms with Gasteiger partial charge in [0.1, 0.15) is 0 Å². The van der Waals surface area contributed by atoms with Gasteiger partial charge in [0.25, 0.3) is 0 Å². The lowest BCUT2D eigenvalue weighted by Crippen LogP contribution is -2.16. The van der Waals surface area contributed by atoms with Crippen LogP contribution >= 0.6 is 0 Å². The molecule has 0 saturated heterocycles. The van der Waals surface area contributed by atoms with Crippen molar-refractivity contribution in [2.75, 3.05) is 19.5 Å². The summed E-state index contributed by atoms with van der Waals surface area (Å²) < 4.78 is 9.37. The van der Waals surface area contributed by atoms with Crippen molar-refractivity contribution in [3.8, 4) is 0 Å². The highest BCUT2D eigenvalue weighted by Gasteiger charge is 2.16. The summed E-state index contributed by atoms with van der Waals surface area (Å²) in [4.78, 5) is 35.9. The van der Waals surface area contributed by atoms with Crippen molar-refractivity contribution in [2.24, 2.45) is 0 Å². The van der Waals surface area contributed by atoms with Crippen molar-refractivity contribution < 1.29 is 23.9 Å². The first kappa shape index (κ1) is 19.2. The van der Waals surface area contributed by atoms with Crippen LogP contribution in [0, 0.1) is 0 Å². The number of carbonyl (C=O) groups excluding carboxylic acids is 3. The molecular weight excluding hydrogens is 334 g/mol. The summed E-state index contributed by atoms with van der Waals surface area (Å²) >= 11 is 0. The summed E-state index contributed by atoms with van der Waals surface area (Å²) in [6.45, 7) is 1.96. The number of ether oxygens (including phenoxy) is 2. The third-order valence-electron chi connectivity index (χ3n) is 3.92. The number of esters is 2. The SMILES string of the molecule is COC(=O)c1cc(NC(=O)C[C@H](C)c2ccccc2)cc(C(=O)OC)c1. The molecule has 0 aliphatic heterocycles. The van der Waals surface area contributed by atoms with Gasteiger partial charge in [-0.15, -0.1) is 0 Å². The summed E-state index contributed by atoms with van der Waals surface area (Å²) in [5.41, 5.74) is 1.70. The number of hydrogen-bond donors (Lipinski definition) is 1. The highest BCUT2D eigenvalue weighted by molar-refractivity contribution is 5.99. The van der Waals surface area contributed by atoms with Crippen LogP contribution in [-0.2, 0) is 14.3 Å². The molecule has 26 heavy (non-hydrogen) atoms. The molecule has 0 aliphatic rings. The maximum Gasteiger partial charge on any atom is 0.337 e. The van der Waals surface area contributed by atoms with Gasteiger partial charge in [-0.2, -0.15) is 0 Å². The zero-order valence-electron chi connectivity index (χ0n) is 14.9. The van der Waals surface area contributed by atoms with Crippen LogP contribution in [-0.4, -0.2) is 32.1 Å². The van der Waals surface area contributed by atoms with E-state index in [1.54, 1.807) is 0 Å². The van der Waals surface area contributed by atoms with E-state index in [2.05, 4.69) is 14.8 Å². The van der Waals surface area contributed by atoms with E-state index in [9.17, 15) is 14.4 Å². The van der Waals surface area contributed by atoms with Gasteiger partial charge in [0.05, 0.1) is 25.3 Å². The molecule has 2 rings (SSSR count). The lowest BCUT2D eigenvalue weighted by Gasteiger charge is -2.13. The molecule has 1 N–H and O–H groups in total. The first-order chi connectivity index (χ1) is 12.4.